The molecule has 2 aromatic carbocycles. The lowest BCUT2D eigenvalue weighted by Gasteiger charge is -2.30. The van der Waals surface area contributed by atoms with Crippen molar-refractivity contribution >= 4 is 44.6 Å². The Morgan fingerprint density at radius 2 is 1.64 bits per heavy atom. The van der Waals surface area contributed by atoms with Crippen molar-refractivity contribution in [2.24, 2.45) is 11.0 Å². The van der Waals surface area contributed by atoms with E-state index < -0.39 is 10.0 Å². The van der Waals surface area contributed by atoms with Gasteiger partial charge in [0.1, 0.15) is 0 Å². The van der Waals surface area contributed by atoms with Gasteiger partial charge in [0.05, 0.1) is 16.2 Å². The summed E-state index contributed by atoms with van der Waals surface area (Å²) in [6.07, 6.45) is 0.865. The van der Waals surface area contributed by atoms with Crippen molar-refractivity contribution in [1.29, 1.82) is 0 Å². The molecule has 1 aliphatic rings. The van der Waals surface area contributed by atoms with Crippen LogP contribution in [0, 0.1) is 33.6 Å². The van der Waals surface area contributed by atoms with Gasteiger partial charge < -0.3 is 5.32 Å². The van der Waals surface area contributed by atoms with Crippen LogP contribution in [0.2, 0.25) is 0 Å². The Hall–Kier alpha value is -3.34. The summed E-state index contributed by atoms with van der Waals surface area (Å²) in [6, 6.07) is 12.4. The lowest BCUT2D eigenvalue weighted by Crippen LogP contribution is -2.42. The molecule has 1 aromatic heterocycles. The van der Waals surface area contributed by atoms with Crippen molar-refractivity contribution in [1.82, 2.24) is 9.73 Å². The maximum Gasteiger partial charge on any atom is 0.256 e. The van der Waals surface area contributed by atoms with Gasteiger partial charge in [-0.3, -0.25) is 9.59 Å². The monoisotopic (exact) mass is 566 g/mol. The third-order valence-electron chi connectivity index (χ3n) is 7.37. The summed E-state index contributed by atoms with van der Waals surface area (Å²) < 4.78 is 27.6. The van der Waals surface area contributed by atoms with Gasteiger partial charge in [0.25, 0.3) is 5.91 Å². The zero-order chi connectivity index (χ0) is 28.3. The maximum atomic E-state index is 13.1. The predicted molar refractivity (Wildman–Crippen MR) is 156 cm³/mol. The first-order valence-electron chi connectivity index (χ1n) is 12.9. The van der Waals surface area contributed by atoms with Gasteiger partial charge >= 0.3 is 0 Å². The standard InChI is InChI=1S/C29H34N4O4S2/c1-18-6-11-26(16-19(18)2)39(36,37)33-14-12-24(13-15-33)28(34)32-31-21(4)23-7-9-25(10-8-23)30-29(35)27-17-38-22(5)20(27)3/h6-11,16-17,24H,12-15H2,1-5H3,(H,30,35)(H,32,34). The van der Waals surface area contributed by atoms with Crippen molar-refractivity contribution < 1.29 is 18.0 Å². The van der Waals surface area contributed by atoms with Crippen LogP contribution in [-0.4, -0.2) is 43.3 Å². The molecule has 2 N–H and O–H groups in total. The Bertz CT molecular complexity index is 1520. The van der Waals surface area contributed by atoms with E-state index in [1.54, 1.807) is 42.5 Å². The van der Waals surface area contributed by atoms with E-state index >= 15 is 0 Å². The van der Waals surface area contributed by atoms with Gasteiger partial charge in [0.15, 0.2) is 0 Å². The highest BCUT2D eigenvalue weighted by atomic mass is 32.2. The Morgan fingerprint density at radius 3 is 2.23 bits per heavy atom. The van der Waals surface area contributed by atoms with E-state index in [9.17, 15) is 18.0 Å². The number of aryl methyl sites for hydroxylation is 3. The number of anilines is 1. The first-order valence-corrected chi connectivity index (χ1v) is 15.2. The van der Waals surface area contributed by atoms with Crippen LogP contribution in [0.4, 0.5) is 5.69 Å². The summed E-state index contributed by atoms with van der Waals surface area (Å²) in [7, 11) is -3.59. The fourth-order valence-electron chi connectivity index (χ4n) is 4.41. The number of piperidine rings is 1. The molecule has 0 spiro atoms. The number of carbonyl (C=O) groups excluding carboxylic acids is 2. The smallest absolute Gasteiger partial charge is 0.256 e. The molecule has 0 radical (unpaired) electrons. The average molecular weight is 567 g/mol. The SMILES string of the molecule is CC(=NNC(=O)C1CCN(S(=O)(=O)c2ccc(C)c(C)c2)CC1)c1ccc(NC(=O)c2csc(C)c2C)cc1. The Balaban J connectivity index is 1.30. The fraction of sp³-hybridized carbons (Fsp3) is 0.345. The Labute approximate surface area is 234 Å². The molecule has 4 rings (SSSR count). The highest BCUT2D eigenvalue weighted by Crippen LogP contribution is 2.25. The number of carbonyl (C=O) groups is 2. The lowest BCUT2D eigenvalue weighted by molar-refractivity contribution is -0.126. The largest absolute Gasteiger partial charge is 0.322 e. The van der Waals surface area contributed by atoms with Gasteiger partial charge in [0.2, 0.25) is 15.9 Å². The van der Waals surface area contributed by atoms with Crippen LogP contribution in [0.15, 0.2) is 57.8 Å². The number of sulfonamides is 1. The van der Waals surface area contributed by atoms with Crippen LogP contribution in [0.25, 0.3) is 0 Å². The molecule has 39 heavy (non-hydrogen) atoms. The van der Waals surface area contributed by atoms with Crippen molar-refractivity contribution in [3.63, 3.8) is 0 Å². The Kier molecular flexibility index (Phi) is 8.68. The zero-order valence-corrected chi connectivity index (χ0v) is 24.5. The molecule has 2 amide bonds. The average Bonchev–Trinajstić information content (AvgIpc) is 3.26. The van der Waals surface area contributed by atoms with Gasteiger partial charge in [-0.1, -0.05) is 18.2 Å². The molecule has 0 saturated carbocycles. The molecule has 8 nitrogen and oxygen atoms in total. The minimum Gasteiger partial charge on any atom is -0.322 e. The van der Waals surface area contributed by atoms with Crippen LogP contribution in [0.1, 0.15) is 57.3 Å². The third kappa shape index (κ3) is 6.46. The molecular formula is C29H34N4O4S2. The summed E-state index contributed by atoms with van der Waals surface area (Å²) >= 11 is 1.55. The second kappa shape index (κ2) is 11.8. The maximum absolute atomic E-state index is 13.1. The number of benzene rings is 2. The molecule has 10 heteroatoms. The van der Waals surface area contributed by atoms with Crippen molar-refractivity contribution in [2.75, 3.05) is 18.4 Å². The topological polar surface area (TPSA) is 108 Å². The molecular weight excluding hydrogens is 532 g/mol. The van der Waals surface area contributed by atoms with Crippen LogP contribution in [-0.2, 0) is 14.8 Å². The van der Waals surface area contributed by atoms with Gasteiger partial charge in [0, 0.05) is 35.0 Å². The summed E-state index contributed by atoms with van der Waals surface area (Å²) in [6.45, 7) is 10.1. The third-order valence-corrected chi connectivity index (χ3v) is 10.3. The number of nitrogens with zero attached hydrogens (tertiary/aromatic N) is 2. The minimum atomic E-state index is -3.59. The second-order valence-corrected chi connectivity index (χ2v) is 13.0. The highest BCUT2D eigenvalue weighted by Gasteiger charge is 2.32. The molecule has 1 saturated heterocycles. The molecule has 3 aromatic rings. The number of amides is 2. The molecule has 0 bridgehead atoms. The van der Waals surface area contributed by atoms with Gasteiger partial charge in [-0.05, 0) is 94.0 Å². The van der Waals surface area contributed by atoms with E-state index in [2.05, 4.69) is 15.8 Å². The van der Waals surface area contributed by atoms with E-state index in [4.69, 9.17) is 0 Å². The van der Waals surface area contributed by atoms with Gasteiger partial charge in [-0.25, -0.2) is 13.8 Å². The molecule has 0 aliphatic carbocycles. The lowest BCUT2D eigenvalue weighted by atomic mass is 9.98. The number of rotatable bonds is 7. The van der Waals surface area contributed by atoms with Crippen LogP contribution < -0.4 is 10.7 Å². The van der Waals surface area contributed by atoms with E-state index in [0.717, 1.165) is 27.1 Å². The van der Waals surface area contributed by atoms with Crippen molar-refractivity contribution in [3.05, 3.63) is 80.5 Å². The van der Waals surface area contributed by atoms with Crippen LogP contribution in [0.3, 0.4) is 0 Å². The van der Waals surface area contributed by atoms with Crippen molar-refractivity contribution in [3.8, 4) is 0 Å². The highest BCUT2D eigenvalue weighted by molar-refractivity contribution is 7.89. The number of hydrogen-bond donors (Lipinski definition) is 2. The van der Waals surface area contributed by atoms with E-state index in [-0.39, 0.29) is 35.7 Å². The quantitative estimate of drug-likeness (QED) is 0.304. The molecule has 206 valence electrons. The summed E-state index contributed by atoms with van der Waals surface area (Å²) in [5, 5.41) is 9.03. The first-order chi connectivity index (χ1) is 18.5. The van der Waals surface area contributed by atoms with Crippen LogP contribution in [0.5, 0.6) is 0 Å². The van der Waals surface area contributed by atoms with E-state index in [1.165, 1.54) is 4.31 Å². The molecule has 1 fully saturated rings. The normalized spacial score (nSPS) is 15.3. The Morgan fingerprint density at radius 1 is 0.974 bits per heavy atom. The fourth-order valence-corrected chi connectivity index (χ4v) is 6.83. The molecule has 2 heterocycles. The van der Waals surface area contributed by atoms with E-state index in [1.807, 2.05) is 51.3 Å². The zero-order valence-electron chi connectivity index (χ0n) is 22.9. The van der Waals surface area contributed by atoms with Crippen LogP contribution >= 0.6 is 11.3 Å². The summed E-state index contributed by atoms with van der Waals surface area (Å²) in [5.74, 6) is -0.674. The molecule has 0 unspecified atom stereocenters. The number of thiophene rings is 1. The first kappa shape index (κ1) is 28.7. The van der Waals surface area contributed by atoms with E-state index in [0.29, 0.717) is 29.8 Å². The summed E-state index contributed by atoms with van der Waals surface area (Å²) in [5.41, 5.74) is 8.39. The second-order valence-electron chi connectivity index (χ2n) is 9.96. The molecule has 1 aliphatic heterocycles. The number of nitrogens with one attached hydrogen (secondary N) is 2. The summed E-state index contributed by atoms with van der Waals surface area (Å²) in [4.78, 5) is 26.7. The van der Waals surface area contributed by atoms with Gasteiger partial charge in [-0.2, -0.15) is 9.41 Å². The number of hydrogen-bond acceptors (Lipinski definition) is 6. The molecule has 0 atom stereocenters. The van der Waals surface area contributed by atoms with Crippen molar-refractivity contribution in [2.45, 2.75) is 52.4 Å². The van der Waals surface area contributed by atoms with Gasteiger partial charge in [-0.15, -0.1) is 11.3 Å². The number of hydrazone groups is 1. The predicted octanol–water partition coefficient (Wildman–Crippen LogP) is 5.18. The minimum absolute atomic E-state index is 0.143.